The normalized spacial score (nSPS) is 13.6. The molecular weight excluding hydrogens is 494 g/mol. The molecule has 3 aromatic carbocycles. The van der Waals surface area contributed by atoms with Crippen molar-refractivity contribution in [3.63, 3.8) is 0 Å². The minimum Gasteiger partial charge on any atom is -0.487 e. The van der Waals surface area contributed by atoms with Crippen molar-refractivity contribution in [1.29, 1.82) is 0 Å². The molecule has 0 radical (unpaired) electrons. The minimum atomic E-state index is -5.81. The molecule has 0 N–H and O–H groups in total. The molecule has 0 amide bonds. The highest BCUT2D eigenvalue weighted by Gasteiger charge is 2.76. The van der Waals surface area contributed by atoms with Gasteiger partial charge in [0.15, 0.2) is 14.7 Å². The van der Waals surface area contributed by atoms with E-state index in [1.807, 2.05) is 60.7 Å². The Kier molecular flexibility index (Phi) is 8.40. The third-order valence-corrected chi connectivity index (χ3v) is 7.38. The highest BCUT2D eigenvalue weighted by atomic mass is 32.2. The molecule has 0 fully saturated rings. The Labute approximate surface area is 202 Å². The first kappa shape index (κ1) is 26.9. The van der Waals surface area contributed by atoms with Crippen LogP contribution in [0, 0.1) is 0 Å². The van der Waals surface area contributed by atoms with E-state index in [4.69, 9.17) is 4.74 Å². The second kappa shape index (κ2) is 10.9. The lowest BCUT2D eigenvalue weighted by Crippen LogP contribution is -2.66. The van der Waals surface area contributed by atoms with Crippen LogP contribution >= 0.6 is 0 Å². The summed E-state index contributed by atoms with van der Waals surface area (Å²) < 4.78 is 96.0. The molecule has 3 rings (SSSR count). The summed E-state index contributed by atoms with van der Waals surface area (Å²) in [5, 5.41) is 0. The number of benzene rings is 3. The third-order valence-electron chi connectivity index (χ3n) is 5.15. The Morgan fingerprint density at radius 2 is 1.11 bits per heavy atom. The number of methoxy groups -OCH3 is 1. The average molecular weight is 518 g/mol. The van der Waals surface area contributed by atoms with E-state index in [1.54, 1.807) is 12.1 Å². The molecule has 3 nitrogen and oxygen atoms in total. The summed E-state index contributed by atoms with van der Waals surface area (Å²) in [7, 11) is 0.387. The molecule has 0 aromatic heterocycles. The SMILES string of the molecule is COCOC(C(C)Oc1ccc([S+](c2ccccc2)c2ccccc2)cc1)(C(F)(F)F)C(F)(F)F. The molecule has 0 aliphatic heterocycles. The van der Waals surface area contributed by atoms with Crippen molar-refractivity contribution in [1.82, 2.24) is 0 Å². The number of hydrogen-bond acceptors (Lipinski definition) is 3. The first-order valence-corrected chi connectivity index (χ1v) is 11.6. The maximum Gasteiger partial charge on any atom is 0.430 e. The van der Waals surface area contributed by atoms with Crippen molar-refractivity contribution in [3.8, 4) is 5.75 Å². The fraction of sp³-hybridized carbons (Fsp3) is 0.280. The summed E-state index contributed by atoms with van der Waals surface area (Å²) in [6, 6.07) is 25.1. The van der Waals surface area contributed by atoms with Gasteiger partial charge in [0.05, 0.1) is 10.9 Å². The Balaban J connectivity index is 1.93. The van der Waals surface area contributed by atoms with Crippen LogP contribution in [0.3, 0.4) is 0 Å². The van der Waals surface area contributed by atoms with Crippen molar-refractivity contribution in [2.45, 2.75) is 45.7 Å². The van der Waals surface area contributed by atoms with Gasteiger partial charge in [-0.3, -0.25) is 0 Å². The highest BCUT2D eigenvalue weighted by Crippen LogP contribution is 2.49. The molecule has 0 aliphatic rings. The molecule has 1 atom stereocenters. The lowest BCUT2D eigenvalue weighted by Gasteiger charge is -2.40. The zero-order valence-electron chi connectivity index (χ0n) is 18.8. The lowest BCUT2D eigenvalue weighted by atomic mass is 9.95. The summed E-state index contributed by atoms with van der Waals surface area (Å²) in [4.78, 5) is 2.82. The zero-order chi connectivity index (χ0) is 25.7. The number of halogens is 6. The van der Waals surface area contributed by atoms with Gasteiger partial charge in [-0.05, 0) is 55.5 Å². The highest BCUT2D eigenvalue weighted by molar-refractivity contribution is 7.97. The first-order valence-electron chi connectivity index (χ1n) is 10.4. The lowest BCUT2D eigenvalue weighted by molar-refractivity contribution is -0.409. The van der Waals surface area contributed by atoms with E-state index in [0.29, 0.717) is 6.92 Å². The second-order valence-electron chi connectivity index (χ2n) is 7.45. The van der Waals surface area contributed by atoms with Crippen LogP contribution in [0.4, 0.5) is 26.3 Å². The molecule has 0 bridgehead atoms. The summed E-state index contributed by atoms with van der Waals surface area (Å²) in [5.41, 5.74) is -4.58. The van der Waals surface area contributed by atoms with Gasteiger partial charge in [-0.15, -0.1) is 0 Å². The minimum absolute atomic E-state index is 0.162. The van der Waals surface area contributed by atoms with Crippen LogP contribution in [0.2, 0.25) is 0 Å². The van der Waals surface area contributed by atoms with Gasteiger partial charge < -0.3 is 14.2 Å². The van der Waals surface area contributed by atoms with Gasteiger partial charge in [-0.1, -0.05) is 36.4 Å². The third kappa shape index (κ3) is 5.76. The van der Waals surface area contributed by atoms with Gasteiger partial charge in [-0.2, -0.15) is 26.3 Å². The molecule has 3 aromatic rings. The average Bonchev–Trinajstić information content (AvgIpc) is 2.80. The fourth-order valence-electron chi connectivity index (χ4n) is 3.52. The van der Waals surface area contributed by atoms with Crippen LogP contribution in [-0.2, 0) is 20.4 Å². The zero-order valence-corrected chi connectivity index (χ0v) is 19.6. The van der Waals surface area contributed by atoms with E-state index in [0.717, 1.165) is 21.8 Å². The summed E-state index contributed by atoms with van der Waals surface area (Å²) in [6.45, 7) is -0.550. The predicted molar refractivity (Wildman–Crippen MR) is 119 cm³/mol. The van der Waals surface area contributed by atoms with Crippen LogP contribution in [0.25, 0.3) is 0 Å². The molecule has 0 aliphatic carbocycles. The number of alkyl halides is 6. The maximum absolute atomic E-state index is 13.7. The predicted octanol–water partition coefficient (Wildman–Crippen LogP) is 7.03. The first-order chi connectivity index (χ1) is 16.5. The van der Waals surface area contributed by atoms with E-state index < -0.39 is 41.7 Å². The second-order valence-corrected chi connectivity index (χ2v) is 9.47. The standard InChI is InChI=1S/C25H23F6O3S/c1-18(23(24(26,27)28,25(29,30)31)33-17-32-2)34-19-13-15-22(16-14-19)35(20-9-5-3-6-10-20)21-11-7-4-8-12-21/h3-16,18H,17H2,1-2H3/q+1. The maximum atomic E-state index is 13.7. The summed E-state index contributed by atoms with van der Waals surface area (Å²) >= 11 is 0. The van der Waals surface area contributed by atoms with Crippen LogP contribution in [0.5, 0.6) is 5.75 Å². The van der Waals surface area contributed by atoms with E-state index in [2.05, 4.69) is 9.47 Å². The Morgan fingerprint density at radius 3 is 1.51 bits per heavy atom. The van der Waals surface area contributed by atoms with Gasteiger partial charge in [-0.25, -0.2) is 0 Å². The van der Waals surface area contributed by atoms with Crippen LogP contribution in [-0.4, -0.2) is 38.0 Å². The fourth-order valence-corrected chi connectivity index (χ4v) is 5.60. The Hall–Kier alpha value is -2.69. The van der Waals surface area contributed by atoms with E-state index >= 15 is 0 Å². The van der Waals surface area contributed by atoms with Crippen LogP contribution in [0.1, 0.15) is 6.92 Å². The Morgan fingerprint density at radius 1 is 0.686 bits per heavy atom. The molecule has 0 saturated carbocycles. The van der Waals surface area contributed by atoms with E-state index in [-0.39, 0.29) is 5.75 Å². The van der Waals surface area contributed by atoms with Crippen molar-refractivity contribution in [3.05, 3.63) is 84.9 Å². The largest absolute Gasteiger partial charge is 0.487 e. The number of ether oxygens (including phenoxy) is 3. The van der Waals surface area contributed by atoms with Crippen molar-refractivity contribution in [2.24, 2.45) is 0 Å². The number of hydrogen-bond donors (Lipinski definition) is 0. The van der Waals surface area contributed by atoms with Gasteiger partial charge in [0.2, 0.25) is 0 Å². The van der Waals surface area contributed by atoms with Crippen LogP contribution in [0.15, 0.2) is 99.6 Å². The summed E-state index contributed by atoms with van der Waals surface area (Å²) in [5.74, 6) is -0.162. The van der Waals surface area contributed by atoms with E-state index in [1.165, 1.54) is 12.1 Å². The molecular formula is C25H23F6O3S+. The van der Waals surface area contributed by atoms with Gasteiger partial charge in [0.25, 0.3) is 5.60 Å². The van der Waals surface area contributed by atoms with Crippen molar-refractivity contribution < 1.29 is 40.6 Å². The van der Waals surface area contributed by atoms with Gasteiger partial charge in [0.1, 0.15) is 18.6 Å². The van der Waals surface area contributed by atoms with Crippen molar-refractivity contribution >= 4 is 10.9 Å². The van der Waals surface area contributed by atoms with Gasteiger partial charge >= 0.3 is 12.4 Å². The molecule has 0 heterocycles. The molecule has 0 spiro atoms. The molecule has 188 valence electrons. The quantitative estimate of drug-likeness (QED) is 0.173. The monoisotopic (exact) mass is 517 g/mol. The van der Waals surface area contributed by atoms with Crippen LogP contribution < -0.4 is 4.74 Å². The smallest absolute Gasteiger partial charge is 0.430 e. The molecule has 1 unspecified atom stereocenters. The van der Waals surface area contributed by atoms with E-state index in [9.17, 15) is 26.3 Å². The Bertz CT molecular complexity index is 1000. The molecule has 0 saturated heterocycles. The van der Waals surface area contributed by atoms with Crippen molar-refractivity contribution in [2.75, 3.05) is 13.9 Å². The summed E-state index contributed by atoms with van der Waals surface area (Å²) in [6.07, 6.45) is -14.1. The topological polar surface area (TPSA) is 27.7 Å². The molecule has 35 heavy (non-hydrogen) atoms. The molecule has 10 heteroatoms. The van der Waals surface area contributed by atoms with Gasteiger partial charge in [0, 0.05) is 7.11 Å². The number of rotatable bonds is 9.